The molecule has 0 spiro atoms. The molecule has 2 heterocycles. The van der Waals surface area contributed by atoms with Crippen LogP contribution < -0.4 is 20.7 Å². The van der Waals surface area contributed by atoms with Crippen LogP contribution in [-0.4, -0.2) is 37.0 Å². The van der Waals surface area contributed by atoms with Crippen LogP contribution >= 0.6 is 11.6 Å². The lowest BCUT2D eigenvalue weighted by atomic mass is 10.00. The number of hydrogen-bond acceptors (Lipinski definition) is 5. The number of ether oxygens (including phenoxy) is 1. The molecule has 174 valence electrons. The van der Waals surface area contributed by atoms with Gasteiger partial charge in [0.15, 0.2) is 6.61 Å². The van der Waals surface area contributed by atoms with Crippen molar-refractivity contribution in [2.75, 3.05) is 13.2 Å². The zero-order chi connectivity index (χ0) is 23.3. The summed E-state index contributed by atoms with van der Waals surface area (Å²) in [6.07, 6.45) is -3.00. The number of halogens is 5. The molecule has 0 aliphatic carbocycles. The maximum Gasteiger partial charge on any atom is 0.419 e. The summed E-state index contributed by atoms with van der Waals surface area (Å²) in [5.41, 5.74) is -0.915. The molecule has 3 N–H and O–H groups in total. The maximum atomic E-state index is 13.4. The van der Waals surface area contributed by atoms with Crippen LogP contribution in [0.3, 0.4) is 0 Å². The highest BCUT2D eigenvalue weighted by molar-refractivity contribution is 6.30. The van der Waals surface area contributed by atoms with Crippen molar-refractivity contribution in [2.45, 2.75) is 37.6 Å². The van der Waals surface area contributed by atoms with Crippen LogP contribution in [0, 0.1) is 5.82 Å². The molecule has 0 unspecified atom stereocenters. The van der Waals surface area contributed by atoms with E-state index in [9.17, 15) is 27.2 Å². The van der Waals surface area contributed by atoms with Crippen molar-refractivity contribution >= 4 is 23.4 Å². The maximum absolute atomic E-state index is 13.4. The van der Waals surface area contributed by atoms with Gasteiger partial charge in [-0.15, -0.1) is 0 Å². The summed E-state index contributed by atoms with van der Waals surface area (Å²) < 4.78 is 61.1. The SMILES string of the molecule is O=C(COc1ccc(Cl)c(F)c1)N[C@H]1CC[C@H](C(=O)NCc2cc(C(F)(F)F)co2)NC1. The monoisotopic (exact) mass is 477 g/mol. The highest BCUT2D eigenvalue weighted by Crippen LogP contribution is 2.30. The Balaban J connectivity index is 1.36. The number of rotatable bonds is 7. The van der Waals surface area contributed by atoms with Crippen LogP contribution in [0.4, 0.5) is 17.6 Å². The Kier molecular flexibility index (Phi) is 7.62. The third-order valence-corrected chi connectivity index (χ3v) is 5.08. The number of carbonyl (C=O) groups excluding carboxylic acids is 2. The number of amides is 2. The van der Waals surface area contributed by atoms with Crippen molar-refractivity contribution in [2.24, 2.45) is 0 Å². The van der Waals surface area contributed by atoms with Crippen LogP contribution in [0.15, 0.2) is 34.9 Å². The van der Waals surface area contributed by atoms with Gasteiger partial charge in [0.05, 0.1) is 23.2 Å². The lowest BCUT2D eigenvalue weighted by molar-refractivity contribution is -0.138. The lowest BCUT2D eigenvalue weighted by Gasteiger charge is -2.29. The predicted molar refractivity (Wildman–Crippen MR) is 105 cm³/mol. The average Bonchev–Trinajstić information content (AvgIpc) is 3.23. The topological polar surface area (TPSA) is 92.6 Å². The third-order valence-electron chi connectivity index (χ3n) is 4.77. The minimum Gasteiger partial charge on any atom is -0.484 e. The Morgan fingerprint density at radius 2 is 2.03 bits per heavy atom. The van der Waals surface area contributed by atoms with E-state index in [2.05, 4.69) is 16.0 Å². The Morgan fingerprint density at radius 1 is 1.25 bits per heavy atom. The Morgan fingerprint density at radius 3 is 2.66 bits per heavy atom. The van der Waals surface area contributed by atoms with Crippen LogP contribution in [0.5, 0.6) is 5.75 Å². The standard InChI is InChI=1S/C20H20ClF4N3O4/c21-15-3-2-13(6-16(15)22)32-10-18(29)28-12-1-4-17(26-7-12)19(30)27-8-14-5-11(9-31-14)20(23,24)25/h2-3,5-6,9,12,17,26H,1,4,7-8,10H2,(H,27,30)(H,28,29)/t12-,17+/m0/s1. The molecule has 2 amide bonds. The summed E-state index contributed by atoms with van der Waals surface area (Å²) in [4.78, 5) is 24.3. The van der Waals surface area contributed by atoms with Crippen LogP contribution in [0.2, 0.25) is 5.02 Å². The first-order valence-corrected chi connectivity index (χ1v) is 10.0. The van der Waals surface area contributed by atoms with E-state index in [1.807, 2.05) is 0 Å². The zero-order valence-corrected chi connectivity index (χ0v) is 17.4. The molecule has 0 radical (unpaired) electrons. The molecular weight excluding hydrogens is 458 g/mol. The minimum absolute atomic E-state index is 0.00723. The predicted octanol–water partition coefficient (Wildman–Crippen LogP) is 3.02. The van der Waals surface area contributed by atoms with Crippen molar-refractivity contribution in [3.05, 3.63) is 52.7 Å². The molecule has 1 aromatic carbocycles. The summed E-state index contributed by atoms with van der Waals surface area (Å²) in [6, 6.07) is 3.89. The molecule has 1 aliphatic rings. The summed E-state index contributed by atoms with van der Waals surface area (Å²) in [6.45, 7) is -0.168. The van der Waals surface area contributed by atoms with Gasteiger partial charge in [0.1, 0.15) is 23.6 Å². The molecule has 1 aromatic heterocycles. The smallest absolute Gasteiger partial charge is 0.419 e. The quantitative estimate of drug-likeness (QED) is 0.533. The van der Waals surface area contributed by atoms with Gasteiger partial charge in [0.25, 0.3) is 5.91 Å². The van der Waals surface area contributed by atoms with Crippen molar-refractivity contribution in [1.82, 2.24) is 16.0 Å². The first-order valence-electron chi connectivity index (χ1n) is 9.64. The van der Waals surface area contributed by atoms with Gasteiger partial charge in [-0.05, 0) is 31.0 Å². The van der Waals surface area contributed by atoms with Gasteiger partial charge in [-0.25, -0.2) is 4.39 Å². The fraction of sp³-hybridized carbons (Fsp3) is 0.400. The fourth-order valence-electron chi connectivity index (χ4n) is 3.11. The largest absolute Gasteiger partial charge is 0.484 e. The summed E-state index contributed by atoms with van der Waals surface area (Å²) >= 11 is 5.58. The molecular formula is C20H20ClF4N3O4. The second kappa shape index (κ2) is 10.2. The Hall–Kier alpha value is -2.79. The highest BCUT2D eigenvalue weighted by atomic mass is 35.5. The first-order chi connectivity index (χ1) is 15.1. The third kappa shape index (κ3) is 6.60. The number of benzene rings is 1. The fourth-order valence-corrected chi connectivity index (χ4v) is 3.23. The number of alkyl halides is 3. The second-order valence-corrected chi connectivity index (χ2v) is 7.59. The van der Waals surface area contributed by atoms with E-state index < -0.39 is 29.5 Å². The van der Waals surface area contributed by atoms with Gasteiger partial charge in [-0.3, -0.25) is 9.59 Å². The van der Waals surface area contributed by atoms with Gasteiger partial charge in [0.2, 0.25) is 5.91 Å². The number of nitrogens with one attached hydrogen (secondary N) is 3. The van der Waals surface area contributed by atoms with Gasteiger partial charge in [-0.1, -0.05) is 11.6 Å². The summed E-state index contributed by atoms with van der Waals surface area (Å²) in [5.74, 6) is -1.29. The van der Waals surface area contributed by atoms with Crippen LogP contribution in [0.1, 0.15) is 24.2 Å². The molecule has 7 nitrogen and oxygen atoms in total. The molecule has 1 saturated heterocycles. The number of carbonyl (C=O) groups is 2. The molecule has 2 aromatic rings. The molecule has 0 saturated carbocycles. The molecule has 1 fully saturated rings. The average molecular weight is 478 g/mol. The van der Waals surface area contributed by atoms with Crippen LogP contribution in [0.25, 0.3) is 0 Å². The summed E-state index contributed by atoms with van der Waals surface area (Å²) in [7, 11) is 0. The van der Waals surface area contributed by atoms with Crippen LogP contribution in [-0.2, 0) is 22.3 Å². The lowest BCUT2D eigenvalue weighted by Crippen LogP contribution is -2.54. The van der Waals surface area contributed by atoms with E-state index in [-0.39, 0.29) is 41.6 Å². The van der Waals surface area contributed by atoms with Gasteiger partial charge in [-0.2, -0.15) is 13.2 Å². The van der Waals surface area contributed by atoms with Crippen molar-refractivity contribution in [1.29, 1.82) is 0 Å². The van der Waals surface area contributed by atoms with Crippen molar-refractivity contribution < 1.29 is 36.3 Å². The molecule has 0 bridgehead atoms. The number of piperidine rings is 1. The van der Waals surface area contributed by atoms with E-state index >= 15 is 0 Å². The summed E-state index contributed by atoms with van der Waals surface area (Å²) in [5, 5.41) is 8.21. The van der Waals surface area contributed by atoms with E-state index in [1.165, 1.54) is 12.1 Å². The molecule has 32 heavy (non-hydrogen) atoms. The number of hydrogen-bond donors (Lipinski definition) is 3. The molecule has 12 heteroatoms. The second-order valence-electron chi connectivity index (χ2n) is 7.18. The van der Waals surface area contributed by atoms with Crippen molar-refractivity contribution in [3.63, 3.8) is 0 Å². The van der Waals surface area contributed by atoms with Gasteiger partial charge < -0.3 is 25.1 Å². The zero-order valence-electron chi connectivity index (χ0n) is 16.6. The van der Waals surface area contributed by atoms with E-state index in [0.717, 1.165) is 12.1 Å². The number of furan rings is 1. The minimum atomic E-state index is -4.51. The highest BCUT2D eigenvalue weighted by Gasteiger charge is 2.33. The van der Waals surface area contributed by atoms with Gasteiger partial charge in [0, 0.05) is 18.7 Å². The van der Waals surface area contributed by atoms with E-state index in [0.29, 0.717) is 25.6 Å². The molecule has 2 atom stereocenters. The molecule has 1 aliphatic heterocycles. The van der Waals surface area contributed by atoms with E-state index in [4.69, 9.17) is 20.8 Å². The Labute approximate surface area is 185 Å². The van der Waals surface area contributed by atoms with E-state index in [1.54, 1.807) is 0 Å². The Bertz CT molecular complexity index is 959. The first kappa shape index (κ1) is 23.9. The molecule has 3 rings (SSSR count). The normalized spacial score (nSPS) is 18.8. The van der Waals surface area contributed by atoms with Gasteiger partial charge >= 0.3 is 6.18 Å². The van der Waals surface area contributed by atoms with Crippen molar-refractivity contribution in [3.8, 4) is 5.75 Å².